The molecule has 2 rings (SSSR count). The van der Waals surface area contributed by atoms with Crippen LogP contribution in [0.5, 0.6) is 11.6 Å². The minimum atomic E-state index is 0.518. The molecule has 1 N–H and O–H groups in total. The van der Waals surface area contributed by atoms with Gasteiger partial charge in [-0.2, -0.15) is 0 Å². The van der Waals surface area contributed by atoms with Gasteiger partial charge in [0.2, 0.25) is 5.88 Å². The van der Waals surface area contributed by atoms with Crippen molar-refractivity contribution >= 4 is 0 Å². The summed E-state index contributed by atoms with van der Waals surface area (Å²) in [6.45, 7) is 5.90. The first-order valence-corrected chi connectivity index (χ1v) is 6.54. The van der Waals surface area contributed by atoms with E-state index in [-0.39, 0.29) is 0 Å². The Morgan fingerprint density at radius 3 is 2.79 bits per heavy atom. The van der Waals surface area contributed by atoms with Crippen molar-refractivity contribution in [2.24, 2.45) is 0 Å². The fraction of sp³-hybridized carbons (Fsp3) is 0.333. The minimum Gasteiger partial charge on any atom is -0.437 e. The van der Waals surface area contributed by atoms with Crippen molar-refractivity contribution < 1.29 is 4.74 Å². The highest BCUT2D eigenvalue weighted by Gasteiger charge is 2.00. The number of nitrogens with one attached hydrogen (secondary N) is 1. The Balaban J connectivity index is 1.95. The summed E-state index contributed by atoms with van der Waals surface area (Å²) in [6, 6.07) is 7.87. The van der Waals surface area contributed by atoms with Gasteiger partial charge in [0.05, 0.1) is 18.1 Å². The Kier molecular flexibility index (Phi) is 4.86. The molecule has 1 aromatic heterocycles. The average molecular weight is 257 g/mol. The molecule has 1 heterocycles. The first-order valence-electron chi connectivity index (χ1n) is 6.54. The largest absolute Gasteiger partial charge is 0.437 e. The van der Waals surface area contributed by atoms with Gasteiger partial charge in [0, 0.05) is 6.54 Å². The van der Waals surface area contributed by atoms with Gasteiger partial charge in [-0.25, -0.2) is 4.98 Å². The number of hydrogen-bond acceptors (Lipinski definition) is 4. The zero-order chi connectivity index (χ0) is 13.5. The lowest BCUT2D eigenvalue weighted by molar-refractivity contribution is 0.458. The van der Waals surface area contributed by atoms with Crippen LogP contribution in [0.25, 0.3) is 0 Å². The third-order valence-electron chi connectivity index (χ3n) is 2.63. The van der Waals surface area contributed by atoms with Gasteiger partial charge >= 0.3 is 0 Å². The monoisotopic (exact) mass is 257 g/mol. The van der Waals surface area contributed by atoms with E-state index in [4.69, 9.17) is 4.74 Å². The summed E-state index contributed by atoms with van der Waals surface area (Å²) < 4.78 is 5.65. The molecule has 0 radical (unpaired) electrons. The van der Waals surface area contributed by atoms with Crippen molar-refractivity contribution in [3.05, 3.63) is 47.9 Å². The van der Waals surface area contributed by atoms with Crippen LogP contribution in [0.2, 0.25) is 0 Å². The molecule has 0 unspecified atom stereocenters. The topological polar surface area (TPSA) is 47.0 Å². The molecule has 0 amide bonds. The summed E-state index contributed by atoms with van der Waals surface area (Å²) in [4.78, 5) is 8.58. The molecule has 1 aromatic carbocycles. The fourth-order valence-corrected chi connectivity index (χ4v) is 1.68. The highest BCUT2D eigenvalue weighted by atomic mass is 16.5. The predicted octanol–water partition coefficient (Wildman–Crippen LogP) is 3.08. The normalized spacial score (nSPS) is 10.4. The molecule has 2 aromatic rings. The van der Waals surface area contributed by atoms with Crippen molar-refractivity contribution in [1.82, 2.24) is 15.3 Å². The summed E-state index contributed by atoms with van der Waals surface area (Å²) >= 11 is 0. The molecule has 0 fully saturated rings. The third kappa shape index (κ3) is 4.34. The van der Waals surface area contributed by atoms with Gasteiger partial charge in [-0.05, 0) is 37.6 Å². The van der Waals surface area contributed by atoms with Crippen LogP contribution in [0.3, 0.4) is 0 Å². The van der Waals surface area contributed by atoms with E-state index in [9.17, 15) is 0 Å². The number of benzene rings is 1. The lowest BCUT2D eigenvalue weighted by Gasteiger charge is -2.06. The van der Waals surface area contributed by atoms with Crippen molar-refractivity contribution in [3.63, 3.8) is 0 Å². The maximum absolute atomic E-state index is 5.65. The van der Waals surface area contributed by atoms with E-state index in [1.54, 1.807) is 12.4 Å². The van der Waals surface area contributed by atoms with Crippen LogP contribution in [0.1, 0.15) is 24.6 Å². The first kappa shape index (κ1) is 13.5. The van der Waals surface area contributed by atoms with Crippen molar-refractivity contribution in [2.75, 3.05) is 6.54 Å². The molecule has 4 heteroatoms. The molecule has 0 atom stereocenters. The van der Waals surface area contributed by atoms with Gasteiger partial charge in [0.15, 0.2) is 0 Å². The van der Waals surface area contributed by atoms with E-state index in [0.29, 0.717) is 5.88 Å². The summed E-state index contributed by atoms with van der Waals surface area (Å²) in [5, 5.41) is 3.28. The van der Waals surface area contributed by atoms with E-state index < -0.39 is 0 Å². The maximum Gasteiger partial charge on any atom is 0.237 e. The van der Waals surface area contributed by atoms with E-state index in [1.807, 2.05) is 31.2 Å². The second kappa shape index (κ2) is 6.85. The molecule has 0 saturated heterocycles. The van der Waals surface area contributed by atoms with E-state index >= 15 is 0 Å². The van der Waals surface area contributed by atoms with E-state index in [2.05, 4.69) is 22.2 Å². The summed E-state index contributed by atoms with van der Waals surface area (Å²) in [5.74, 6) is 1.30. The van der Waals surface area contributed by atoms with Gasteiger partial charge < -0.3 is 10.1 Å². The van der Waals surface area contributed by atoms with Crippen molar-refractivity contribution in [1.29, 1.82) is 0 Å². The first-order chi connectivity index (χ1) is 9.28. The minimum absolute atomic E-state index is 0.518. The Labute approximate surface area is 113 Å². The molecule has 4 nitrogen and oxygen atoms in total. The van der Waals surface area contributed by atoms with Gasteiger partial charge in [0.1, 0.15) is 5.75 Å². The molecule has 0 aliphatic rings. The molecule has 0 bridgehead atoms. The van der Waals surface area contributed by atoms with Gasteiger partial charge in [-0.15, -0.1) is 0 Å². The molecule has 0 aliphatic carbocycles. The van der Waals surface area contributed by atoms with Crippen LogP contribution >= 0.6 is 0 Å². The smallest absolute Gasteiger partial charge is 0.237 e. The average Bonchev–Trinajstić information content (AvgIpc) is 2.41. The molecular formula is C15H19N3O. The number of ether oxygens (including phenoxy) is 1. The second-order valence-electron chi connectivity index (χ2n) is 4.44. The van der Waals surface area contributed by atoms with E-state index in [0.717, 1.165) is 36.5 Å². The number of aromatic nitrogens is 2. The lowest BCUT2D eigenvalue weighted by atomic mass is 10.2. The van der Waals surface area contributed by atoms with Gasteiger partial charge in [-0.1, -0.05) is 19.1 Å². The SMILES string of the molecule is CCCNCc1cnc(Oc2cccc(C)c2)cn1. The predicted molar refractivity (Wildman–Crippen MR) is 75.3 cm³/mol. The van der Waals surface area contributed by atoms with Crippen LogP contribution in [-0.4, -0.2) is 16.5 Å². The summed E-state index contributed by atoms with van der Waals surface area (Å²) in [7, 11) is 0. The molecule has 19 heavy (non-hydrogen) atoms. The Hall–Kier alpha value is -1.94. The van der Waals surface area contributed by atoms with Crippen molar-refractivity contribution in [3.8, 4) is 11.6 Å². The maximum atomic E-state index is 5.65. The number of hydrogen-bond donors (Lipinski definition) is 1. The zero-order valence-electron chi connectivity index (χ0n) is 11.4. The van der Waals surface area contributed by atoms with Crippen LogP contribution in [-0.2, 0) is 6.54 Å². The van der Waals surface area contributed by atoms with E-state index in [1.165, 1.54) is 0 Å². The highest BCUT2D eigenvalue weighted by molar-refractivity contribution is 5.30. The Bertz CT molecular complexity index is 511. The van der Waals surface area contributed by atoms with Crippen molar-refractivity contribution in [2.45, 2.75) is 26.8 Å². The van der Waals surface area contributed by atoms with Crippen LogP contribution < -0.4 is 10.1 Å². The summed E-state index contributed by atoms with van der Waals surface area (Å²) in [5.41, 5.74) is 2.08. The molecule has 0 aliphatic heterocycles. The van der Waals surface area contributed by atoms with Crippen LogP contribution in [0.4, 0.5) is 0 Å². The van der Waals surface area contributed by atoms with Gasteiger partial charge in [-0.3, -0.25) is 4.98 Å². The standard InChI is InChI=1S/C15H19N3O/c1-3-7-16-9-13-10-18-15(11-17-13)19-14-6-4-5-12(2)8-14/h4-6,8,10-11,16H,3,7,9H2,1-2H3. The number of nitrogens with zero attached hydrogens (tertiary/aromatic N) is 2. The van der Waals surface area contributed by atoms with Crippen LogP contribution in [0, 0.1) is 6.92 Å². The molecular weight excluding hydrogens is 238 g/mol. The number of aryl methyl sites for hydroxylation is 1. The Morgan fingerprint density at radius 1 is 1.21 bits per heavy atom. The zero-order valence-corrected chi connectivity index (χ0v) is 11.4. The third-order valence-corrected chi connectivity index (χ3v) is 2.63. The number of rotatable bonds is 6. The second-order valence-corrected chi connectivity index (χ2v) is 4.44. The molecule has 0 spiro atoms. The lowest BCUT2D eigenvalue weighted by Crippen LogP contribution is -2.14. The summed E-state index contributed by atoms with van der Waals surface area (Å²) in [6.07, 6.45) is 4.51. The fourth-order valence-electron chi connectivity index (χ4n) is 1.68. The highest BCUT2D eigenvalue weighted by Crippen LogP contribution is 2.19. The van der Waals surface area contributed by atoms with Crippen LogP contribution in [0.15, 0.2) is 36.7 Å². The Morgan fingerprint density at radius 2 is 2.11 bits per heavy atom. The molecule has 0 saturated carbocycles. The quantitative estimate of drug-likeness (QED) is 0.808. The molecule has 100 valence electrons. The van der Waals surface area contributed by atoms with Gasteiger partial charge in [0.25, 0.3) is 0 Å².